The molecule has 0 fully saturated rings. The normalized spacial score (nSPS) is 15.7. The zero-order chi connectivity index (χ0) is 51.9. The predicted molar refractivity (Wildman–Crippen MR) is 317 cm³/mol. The second kappa shape index (κ2) is 16.4. The lowest BCUT2D eigenvalue weighted by Crippen LogP contribution is -2.18. The minimum absolute atomic E-state index is 0.131. The summed E-state index contributed by atoms with van der Waals surface area (Å²) in [4.78, 5) is 4.82. The van der Waals surface area contributed by atoms with Crippen molar-refractivity contribution in [3.63, 3.8) is 0 Å². The van der Waals surface area contributed by atoms with E-state index >= 15 is 0 Å². The highest BCUT2D eigenvalue weighted by molar-refractivity contribution is 5.91. The van der Waals surface area contributed by atoms with Crippen LogP contribution in [0.3, 0.4) is 0 Å². The zero-order valence-corrected chi connectivity index (χ0v) is 44.6. The van der Waals surface area contributed by atoms with Crippen molar-refractivity contribution in [2.45, 2.75) is 77.0 Å². The first-order chi connectivity index (χ1) is 36.7. The van der Waals surface area contributed by atoms with Gasteiger partial charge < -0.3 is 9.80 Å². The Hall–Kier alpha value is -8.60. The van der Waals surface area contributed by atoms with E-state index in [-0.39, 0.29) is 21.7 Å². The van der Waals surface area contributed by atoms with Crippen molar-refractivity contribution in [2.24, 2.45) is 10.2 Å². The number of anilines is 6. The maximum Gasteiger partial charge on any atom is 0.0858 e. The molecule has 0 bridgehead atoms. The SMILES string of the molecule is CC1(C)c2ccccc2-c2ccc(N(c3ccc(N=Nc4ccc(N(c5ccc6c(c5)C(C)(C)c5ccccc5-6)c5ccc6c(c5)C(C)(C)c5ccccc5-6)cc4)cc3)c3ccc4c(c3)C(C)(C)c3ccccc3-4)cc21. The number of hydrogen-bond donors (Lipinski definition) is 0. The third-order valence-corrected chi connectivity index (χ3v) is 17.8. The van der Waals surface area contributed by atoms with E-state index in [0.717, 1.165) is 45.5 Å². The number of azo groups is 1. The third kappa shape index (κ3) is 6.75. The Morgan fingerprint density at radius 2 is 0.434 bits per heavy atom. The highest BCUT2D eigenvalue weighted by Crippen LogP contribution is 2.56. The van der Waals surface area contributed by atoms with E-state index in [2.05, 4.69) is 284 Å². The molecule has 0 spiro atoms. The van der Waals surface area contributed by atoms with E-state index < -0.39 is 0 Å². The van der Waals surface area contributed by atoms with E-state index in [9.17, 15) is 0 Å². The smallest absolute Gasteiger partial charge is 0.0858 e. The van der Waals surface area contributed by atoms with Crippen LogP contribution in [0.15, 0.2) is 229 Å². The van der Waals surface area contributed by atoms with Crippen LogP contribution < -0.4 is 9.80 Å². The minimum atomic E-state index is -0.131. The lowest BCUT2D eigenvalue weighted by atomic mass is 9.82. The van der Waals surface area contributed by atoms with Gasteiger partial charge in [0.25, 0.3) is 0 Å². The lowest BCUT2D eigenvalue weighted by molar-refractivity contribution is 0.659. The van der Waals surface area contributed by atoms with Crippen molar-refractivity contribution in [1.82, 2.24) is 0 Å². The van der Waals surface area contributed by atoms with Crippen LogP contribution in [-0.4, -0.2) is 0 Å². The Balaban J connectivity index is 0.804. The fourth-order valence-corrected chi connectivity index (χ4v) is 13.7. The van der Waals surface area contributed by atoms with Gasteiger partial charge in [0.15, 0.2) is 0 Å². The van der Waals surface area contributed by atoms with Crippen molar-refractivity contribution < 1.29 is 0 Å². The van der Waals surface area contributed by atoms with E-state index in [1.165, 1.54) is 89.0 Å². The van der Waals surface area contributed by atoms with Gasteiger partial charge in [-0.2, -0.15) is 10.2 Å². The average molecular weight is 981 g/mol. The average Bonchev–Trinajstić information content (AvgIpc) is 4.04. The lowest BCUT2D eigenvalue weighted by Gasteiger charge is -2.29. The highest BCUT2D eigenvalue weighted by atomic mass is 15.2. The van der Waals surface area contributed by atoms with Gasteiger partial charge in [0, 0.05) is 55.8 Å². The second-order valence-corrected chi connectivity index (χ2v) is 23.5. The first kappa shape index (κ1) is 46.0. The summed E-state index contributed by atoms with van der Waals surface area (Å²) >= 11 is 0. The molecule has 10 aromatic carbocycles. The van der Waals surface area contributed by atoms with Crippen LogP contribution in [-0.2, 0) is 21.7 Å². The fraction of sp³-hybridized carbons (Fsp3) is 0.167. The molecular weight excluding hydrogens is 921 g/mol. The molecule has 4 aliphatic carbocycles. The van der Waals surface area contributed by atoms with E-state index in [1.807, 2.05) is 0 Å². The molecule has 10 aromatic rings. The van der Waals surface area contributed by atoms with Gasteiger partial charge in [-0.25, -0.2) is 0 Å². The maximum atomic E-state index is 4.83. The van der Waals surface area contributed by atoms with Crippen molar-refractivity contribution in [1.29, 1.82) is 0 Å². The summed E-state index contributed by atoms with van der Waals surface area (Å²) in [5, 5.41) is 9.67. The van der Waals surface area contributed by atoms with E-state index in [4.69, 9.17) is 10.2 Å². The Kier molecular flexibility index (Phi) is 9.95. The summed E-state index contributed by atoms with van der Waals surface area (Å²) in [7, 11) is 0. The molecule has 0 N–H and O–H groups in total. The largest absolute Gasteiger partial charge is 0.310 e. The molecule has 76 heavy (non-hydrogen) atoms. The molecular formula is C72H60N4. The number of nitrogens with zero attached hydrogens (tertiary/aromatic N) is 4. The first-order valence-corrected chi connectivity index (χ1v) is 26.9. The summed E-state index contributed by atoms with van der Waals surface area (Å²) < 4.78 is 0. The Morgan fingerprint density at radius 1 is 0.224 bits per heavy atom. The van der Waals surface area contributed by atoms with Crippen LogP contribution in [0.4, 0.5) is 45.5 Å². The van der Waals surface area contributed by atoms with Gasteiger partial charge in [-0.05, 0) is 186 Å². The predicted octanol–water partition coefficient (Wildman–Crippen LogP) is 20.3. The van der Waals surface area contributed by atoms with Gasteiger partial charge in [-0.15, -0.1) is 0 Å². The van der Waals surface area contributed by atoms with Crippen molar-refractivity contribution >= 4 is 45.5 Å². The van der Waals surface area contributed by atoms with E-state index in [0.29, 0.717) is 0 Å². The Morgan fingerprint density at radius 3 is 0.684 bits per heavy atom. The van der Waals surface area contributed by atoms with Crippen LogP contribution in [0.2, 0.25) is 0 Å². The Labute approximate surface area is 447 Å². The first-order valence-electron chi connectivity index (χ1n) is 26.9. The van der Waals surface area contributed by atoms with Gasteiger partial charge in [0.1, 0.15) is 0 Å². The van der Waals surface area contributed by atoms with Crippen LogP contribution >= 0.6 is 0 Å². The molecule has 368 valence electrons. The third-order valence-electron chi connectivity index (χ3n) is 17.8. The molecule has 4 heteroatoms. The molecule has 0 saturated heterocycles. The molecule has 0 radical (unpaired) electrons. The van der Waals surface area contributed by atoms with Crippen molar-refractivity contribution in [2.75, 3.05) is 9.80 Å². The van der Waals surface area contributed by atoms with Crippen LogP contribution in [0.1, 0.15) is 99.9 Å². The Bertz CT molecular complexity index is 3580. The quantitative estimate of drug-likeness (QED) is 0.142. The standard InChI is InChI=1S/C72H60N4/c1-69(2)61-21-13-9-17-53(61)57-37-33-49(41-65(57)69)75(50-34-38-58-54-18-10-14-22-62(54)70(3,4)66(58)42-50)47-29-25-45(26-30-47)73-74-46-27-31-48(32-28-46)76(51-35-39-59-55-19-11-15-23-63(55)71(5,6)67(59)43-51)52-36-40-60-56-20-12-16-24-64(56)72(7,8)68(60)44-52/h9-44H,1-8H3. The molecule has 0 amide bonds. The minimum Gasteiger partial charge on any atom is -0.310 e. The van der Waals surface area contributed by atoms with E-state index in [1.54, 1.807) is 0 Å². The van der Waals surface area contributed by atoms with Gasteiger partial charge in [0.05, 0.1) is 11.4 Å². The van der Waals surface area contributed by atoms with Gasteiger partial charge >= 0.3 is 0 Å². The topological polar surface area (TPSA) is 31.2 Å². The monoisotopic (exact) mass is 980 g/mol. The summed E-state index contributed by atoms with van der Waals surface area (Å²) in [5.41, 5.74) is 29.0. The van der Waals surface area contributed by atoms with Gasteiger partial charge in [-0.3, -0.25) is 0 Å². The summed E-state index contributed by atoms with van der Waals surface area (Å²) in [6, 6.07) is 80.6. The number of fused-ring (bicyclic) bond motifs is 12. The molecule has 0 aromatic heterocycles. The number of rotatable bonds is 8. The van der Waals surface area contributed by atoms with Crippen LogP contribution in [0.5, 0.6) is 0 Å². The molecule has 4 nitrogen and oxygen atoms in total. The van der Waals surface area contributed by atoms with Crippen LogP contribution in [0.25, 0.3) is 44.5 Å². The molecule has 4 aliphatic rings. The van der Waals surface area contributed by atoms with Gasteiger partial charge in [0.2, 0.25) is 0 Å². The molecule has 0 aliphatic heterocycles. The van der Waals surface area contributed by atoms with Crippen LogP contribution in [0, 0.1) is 0 Å². The molecule has 14 rings (SSSR count). The number of hydrogen-bond acceptors (Lipinski definition) is 4. The summed E-state index contributed by atoms with van der Waals surface area (Å²) in [6.07, 6.45) is 0. The molecule has 0 unspecified atom stereocenters. The summed E-state index contributed by atoms with van der Waals surface area (Å²) in [6.45, 7) is 18.8. The second-order valence-electron chi connectivity index (χ2n) is 23.5. The van der Waals surface area contributed by atoms with Gasteiger partial charge in [-0.1, -0.05) is 177 Å². The fourth-order valence-electron chi connectivity index (χ4n) is 13.7. The molecule has 0 atom stereocenters. The van der Waals surface area contributed by atoms with Crippen molar-refractivity contribution in [3.8, 4) is 44.5 Å². The highest BCUT2D eigenvalue weighted by Gasteiger charge is 2.40. The maximum absolute atomic E-state index is 4.83. The van der Waals surface area contributed by atoms with Crippen molar-refractivity contribution in [3.05, 3.63) is 263 Å². The summed E-state index contributed by atoms with van der Waals surface area (Å²) in [5.74, 6) is 0. The number of benzene rings is 10. The molecule has 0 heterocycles. The zero-order valence-electron chi connectivity index (χ0n) is 44.6. The molecule has 0 saturated carbocycles.